The molecule has 0 radical (unpaired) electrons. The molecule has 0 aliphatic rings. The first-order chi connectivity index (χ1) is 9.65. The van der Waals surface area contributed by atoms with Crippen molar-refractivity contribution >= 4 is 0 Å². The predicted molar refractivity (Wildman–Crippen MR) is 81.3 cm³/mol. The highest BCUT2D eigenvalue weighted by Crippen LogP contribution is 2.25. The minimum atomic E-state index is 0.290. The number of aromatic hydroxyl groups is 1. The maximum Gasteiger partial charge on any atom is 0.123 e. The SMILES string of the molecule is CCC(CC)N(CCOC)Cc1ccc(OC)cc1O. The van der Waals surface area contributed by atoms with Gasteiger partial charge in [-0.2, -0.15) is 0 Å². The molecule has 0 spiro atoms. The van der Waals surface area contributed by atoms with E-state index in [-0.39, 0.29) is 5.75 Å². The lowest BCUT2D eigenvalue weighted by Gasteiger charge is -2.30. The second-order valence-corrected chi connectivity index (χ2v) is 4.93. The molecule has 1 N–H and O–H groups in total. The van der Waals surface area contributed by atoms with Crippen LogP contribution >= 0.6 is 0 Å². The van der Waals surface area contributed by atoms with Gasteiger partial charge in [0.05, 0.1) is 13.7 Å². The minimum absolute atomic E-state index is 0.290. The number of ether oxygens (including phenoxy) is 2. The Balaban J connectivity index is 2.82. The van der Waals surface area contributed by atoms with Crippen LogP contribution in [-0.4, -0.2) is 43.4 Å². The van der Waals surface area contributed by atoms with Crippen molar-refractivity contribution in [3.63, 3.8) is 0 Å². The fourth-order valence-electron chi connectivity index (χ4n) is 2.43. The largest absolute Gasteiger partial charge is 0.507 e. The highest BCUT2D eigenvalue weighted by Gasteiger charge is 2.17. The fraction of sp³-hybridized carbons (Fsp3) is 0.625. The Labute approximate surface area is 122 Å². The fourth-order valence-corrected chi connectivity index (χ4v) is 2.43. The van der Waals surface area contributed by atoms with E-state index < -0.39 is 0 Å². The highest BCUT2D eigenvalue weighted by molar-refractivity contribution is 5.39. The molecule has 0 aliphatic heterocycles. The van der Waals surface area contributed by atoms with Crippen molar-refractivity contribution in [2.24, 2.45) is 0 Å². The van der Waals surface area contributed by atoms with Gasteiger partial charge in [0.25, 0.3) is 0 Å². The van der Waals surface area contributed by atoms with E-state index in [1.54, 1.807) is 20.3 Å². The molecule has 0 atom stereocenters. The lowest BCUT2D eigenvalue weighted by molar-refractivity contribution is 0.109. The molecule has 4 heteroatoms. The molecule has 0 aliphatic carbocycles. The molecule has 0 amide bonds. The molecule has 0 fully saturated rings. The Morgan fingerprint density at radius 1 is 1.20 bits per heavy atom. The van der Waals surface area contributed by atoms with Crippen molar-refractivity contribution in [1.82, 2.24) is 4.90 Å². The average Bonchev–Trinajstić information content (AvgIpc) is 2.47. The van der Waals surface area contributed by atoms with Gasteiger partial charge in [0, 0.05) is 37.9 Å². The quantitative estimate of drug-likeness (QED) is 0.755. The monoisotopic (exact) mass is 281 g/mol. The van der Waals surface area contributed by atoms with Gasteiger partial charge in [-0.25, -0.2) is 0 Å². The van der Waals surface area contributed by atoms with E-state index in [9.17, 15) is 5.11 Å². The van der Waals surface area contributed by atoms with Gasteiger partial charge in [-0.05, 0) is 18.9 Å². The summed E-state index contributed by atoms with van der Waals surface area (Å²) in [5.74, 6) is 0.968. The Morgan fingerprint density at radius 3 is 2.40 bits per heavy atom. The summed E-state index contributed by atoms with van der Waals surface area (Å²) in [5.41, 5.74) is 0.925. The number of methoxy groups -OCH3 is 2. The number of phenolic OH excluding ortho intramolecular Hbond substituents is 1. The molecular formula is C16H27NO3. The maximum atomic E-state index is 10.1. The van der Waals surface area contributed by atoms with E-state index >= 15 is 0 Å². The third-order valence-corrected chi connectivity index (χ3v) is 3.71. The van der Waals surface area contributed by atoms with Crippen LogP contribution in [0.5, 0.6) is 11.5 Å². The van der Waals surface area contributed by atoms with Crippen LogP contribution in [0, 0.1) is 0 Å². The van der Waals surface area contributed by atoms with Crippen molar-refractivity contribution in [2.45, 2.75) is 39.3 Å². The van der Waals surface area contributed by atoms with Crippen molar-refractivity contribution in [3.05, 3.63) is 23.8 Å². The van der Waals surface area contributed by atoms with Crippen molar-refractivity contribution in [1.29, 1.82) is 0 Å². The van der Waals surface area contributed by atoms with E-state index in [1.807, 2.05) is 12.1 Å². The topological polar surface area (TPSA) is 41.9 Å². The summed E-state index contributed by atoms with van der Waals surface area (Å²) in [6.07, 6.45) is 2.19. The molecule has 0 saturated heterocycles. The summed E-state index contributed by atoms with van der Waals surface area (Å²) in [6.45, 7) is 6.69. The van der Waals surface area contributed by atoms with Crippen LogP contribution in [0.25, 0.3) is 0 Å². The molecule has 1 aromatic carbocycles. The summed E-state index contributed by atoms with van der Waals surface area (Å²) in [6, 6.07) is 5.98. The molecule has 114 valence electrons. The van der Waals surface area contributed by atoms with E-state index in [4.69, 9.17) is 9.47 Å². The third-order valence-electron chi connectivity index (χ3n) is 3.71. The zero-order valence-corrected chi connectivity index (χ0v) is 13.1. The number of phenols is 1. The van der Waals surface area contributed by atoms with Gasteiger partial charge in [-0.15, -0.1) is 0 Å². The number of benzene rings is 1. The number of hydrogen-bond donors (Lipinski definition) is 1. The summed E-state index contributed by atoms with van der Waals surface area (Å²) in [4.78, 5) is 2.37. The molecule has 0 saturated carbocycles. The average molecular weight is 281 g/mol. The van der Waals surface area contributed by atoms with Crippen LogP contribution in [0.4, 0.5) is 0 Å². The molecule has 20 heavy (non-hydrogen) atoms. The molecule has 0 bridgehead atoms. The lowest BCUT2D eigenvalue weighted by atomic mass is 10.1. The Bertz CT molecular complexity index is 391. The van der Waals surface area contributed by atoms with Gasteiger partial charge in [0.15, 0.2) is 0 Å². The summed E-state index contributed by atoms with van der Waals surface area (Å²) in [5, 5.41) is 10.1. The van der Waals surface area contributed by atoms with E-state index in [0.717, 1.165) is 31.5 Å². The Morgan fingerprint density at radius 2 is 1.90 bits per heavy atom. The Kier molecular flexibility index (Phi) is 7.41. The first-order valence-corrected chi connectivity index (χ1v) is 7.25. The first-order valence-electron chi connectivity index (χ1n) is 7.25. The normalized spacial score (nSPS) is 11.3. The van der Waals surface area contributed by atoms with Crippen LogP contribution in [0.2, 0.25) is 0 Å². The molecular weight excluding hydrogens is 254 g/mol. The minimum Gasteiger partial charge on any atom is -0.507 e. The maximum absolute atomic E-state index is 10.1. The molecule has 0 aromatic heterocycles. The van der Waals surface area contributed by atoms with Gasteiger partial charge in [-0.3, -0.25) is 4.90 Å². The summed E-state index contributed by atoms with van der Waals surface area (Å²) in [7, 11) is 3.32. The number of hydrogen-bond acceptors (Lipinski definition) is 4. The standard InChI is InChI=1S/C16H27NO3/c1-5-14(6-2)17(9-10-19-3)12-13-7-8-15(20-4)11-16(13)18/h7-8,11,14,18H,5-6,9-10,12H2,1-4H3. The molecule has 0 heterocycles. The van der Waals surface area contributed by atoms with Gasteiger partial charge in [0.2, 0.25) is 0 Å². The van der Waals surface area contributed by atoms with Crippen LogP contribution < -0.4 is 4.74 Å². The second-order valence-electron chi connectivity index (χ2n) is 4.93. The van der Waals surface area contributed by atoms with Crippen LogP contribution in [0.15, 0.2) is 18.2 Å². The third kappa shape index (κ3) is 4.69. The summed E-state index contributed by atoms with van der Waals surface area (Å²) >= 11 is 0. The molecule has 1 aromatic rings. The lowest BCUT2D eigenvalue weighted by Crippen LogP contribution is -2.36. The van der Waals surface area contributed by atoms with Crippen molar-refractivity contribution < 1.29 is 14.6 Å². The van der Waals surface area contributed by atoms with E-state index in [1.165, 1.54) is 0 Å². The Hall–Kier alpha value is -1.26. The summed E-state index contributed by atoms with van der Waals surface area (Å²) < 4.78 is 10.3. The molecule has 0 unspecified atom stereocenters. The van der Waals surface area contributed by atoms with Crippen LogP contribution in [0.3, 0.4) is 0 Å². The molecule has 4 nitrogen and oxygen atoms in total. The van der Waals surface area contributed by atoms with E-state index in [2.05, 4.69) is 18.7 Å². The molecule has 1 rings (SSSR count). The number of nitrogens with zero attached hydrogens (tertiary/aromatic N) is 1. The van der Waals surface area contributed by atoms with Gasteiger partial charge in [-0.1, -0.05) is 19.9 Å². The second kappa shape index (κ2) is 8.82. The van der Waals surface area contributed by atoms with Crippen molar-refractivity contribution in [3.8, 4) is 11.5 Å². The van der Waals surface area contributed by atoms with Gasteiger partial charge in [0.1, 0.15) is 11.5 Å². The van der Waals surface area contributed by atoms with Crippen LogP contribution in [-0.2, 0) is 11.3 Å². The van der Waals surface area contributed by atoms with Gasteiger partial charge < -0.3 is 14.6 Å². The highest BCUT2D eigenvalue weighted by atomic mass is 16.5. The predicted octanol–water partition coefficient (Wildman–Crippen LogP) is 3.04. The zero-order chi connectivity index (χ0) is 15.0. The van der Waals surface area contributed by atoms with E-state index in [0.29, 0.717) is 18.4 Å². The number of rotatable bonds is 9. The zero-order valence-electron chi connectivity index (χ0n) is 13.1. The van der Waals surface area contributed by atoms with Gasteiger partial charge >= 0.3 is 0 Å². The van der Waals surface area contributed by atoms with Crippen molar-refractivity contribution in [2.75, 3.05) is 27.4 Å². The smallest absolute Gasteiger partial charge is 0.123 e. The first kappa shape index (κ1) is 16.8. The van der Waals surface area contributed by atoms with Crippen LogP contribution in [0.1, 0.15) is 32.3 Å².